The van der Waals surface area contributed by atoms with Crippen molar-refractivity contribution in [3.05, 3.63) is 0 Å². The van der Waals surface area contributed by atoms with Crippen LogP contribution in [0.3, 0.4) is 0 Å². The molecule has 5 heteroatoms. The molecule has 0 fully saturated rings. The summed E-state index contributed by atoms with van der Waals surface area (Å²) in [7, 11) is 0. The third-order valence-corrected chi connectivity index (χ3v) is 3.61. The van der Waals surface area contributed by atoms with Gasteiger partial charge >= 0.3 is 12.0 Å². The highest BCUT2D eigenvalue weighted by atomic mass is 16.4. The first-order valence-electron chi connectivity index (χ1n) is 6.62. The van der Waals surface area contributed by atoms with Crippen molar-refractivity contribution in [2.75, 3.05) is 13.1 Å². The molecule has 2 amide bonds. The molecule has 0 unspecified atom stereocenters. The van der Waals surface area contributed by atoms with Crippen molar-refractivity contribution in [2.24, 2.45) is 5.41 Å². The lowest BCUT2D eigenvalue weighted by Gasteiger charge is -2.30. The van der Waals surface area contributed by atoms with Crippen LogP contribution in [0.5, 0.6) is 0 Å². The van der Waals surface area contributed by atoms with Crippen LogP contribution >= 0.6 is 0 Å². The molecular formula is C13H26N2O3. The molecular weight excluding hydrogens is 232 g/mol. The van der Waals surface area contributed by atoms with Gasteiger partial charge in [-0.1, -0.05) is 13.8 Å². The number of rotatable bonds is 7. The number of carbonyl (C=O) groups excluding carboxylic acids is 1. The molecule has 0 aliphatic carbocycles. The molecule has 0 spiro atoms. The zero-order valence-corrected chi connectivity index (χ0v) is 12.1. The van der Waals surface area contributed by atoms with Gasteiger partial charge in [-0.3, -0.25) is 4.79 Å². The van der Waals surface area contributed by atoms with Crippen molar-refractivity contribution in [3.63, 3.8) is 0 Å². The Balaban J connectivity index is 4.63. The molecule has 0 heterocycles. The number of carboxylic acids is 1. The Hall–Kier alpha value is -1.26. The predicted molar refractivity (Wildman–Crippen MR) is 71.6 cm³/mol. The Morgan fingerprint density at radius 3 is 2.00 bits per heavy atom. The maximum Gasteiger partial charge on any atom is 0.317 e. The van der Waals surface area contributed by atoms with E-state index in [1.54, 1.807) is 4.90 Å². The molecule has 0 aliphatic heterocycles. The molecule has 0 atom stereocenters. The van der Waals surface area contributed by atoms with Crippen molar-refractivity contribution >= 4 is 12.0 Å². The number of aliphatic carboxylic acids is 1. The molecule has 0 radical (unpaired) electrons. The van der Waals surface area contributed by atoms with Crippen LogP contribution in [0.2, 0.25) is 0 Å². The standard InChI is InChI=1S/C13H26N2O3/c1-6-13(7-2,11(16)17)9-14-12(18)15(8-3)10(4)5/h10H,6-9H2,1-5H3,(H,14,18)(H,16,17). The molecule has 0 rings (SSSR count). The molecule has 18 heavy (non-hydrogen) atoms. The Morgan fingerprint density at radius 2 is 1.72 bits per heavy atom. The Morgan fingerprint density at radius 1 is 1.22 bits per heavy atom. The second-order valence-corrected chi connectivity index (χ2v) is 4.83. The number of hydrogen-bond donors (Lipinski definition) is 2. The van der Waals surface area contributed by atoms with Crippen LogP contribution in [0.15, 0.2) is 0 Å². The van der Waals surface area contributed by atoms with Crippen LogP contribution < -0.4 is 5.32 Å². The number of carbonyl (C=O) groups is 2. The van der Waals surface area contributed by atoms with Gasteiger partial charge in [-0.05, 0) is 33.6 Å². The van der Waals surface area contributed by atoms with Crippen LogP contribution in [-0.4, -0.2) is 41.1 Å². The molecule has 0 aliphatic rings. The van der Waals surface area contributed by atoms with Crippen LogP contribution in [0.1, 0.15) is 47.5 Å². The minimum atomic E-state index is -0.855. The maximum atomic E-state index is 11.9. The smallest absolute Gasteiger partial charge is 0.317 e. The van der Waals surface area contributed by atoms with Gasteiger partial charge < -0.3 is 15.3 Å². The number of urea groups is 1. The average Bonchev–Trinajstić information content (AvgIpc) is 2.31. The summed E-state index contributed by atoms with van der Waals surface area (Å²) in [5.41, 5.74) is -0.855. The first-order chi connectivity index (χ1) is 8.34. The molecule has 0 aromatic carbocycles. The fourth-order valence-corrected chi connectivity index (χ4v) is 1.97. The highest BCUT2D eigenvalue weighted by Crippen LogP contribution is 2.25. The number of nitrogens with one attached hydrogen (secondary N) is 1. The summed E-state index contributed by atoms with van der Waals surface area (Å²) in [6.07, 6.45) is 1.01. The minimum absolute atomic E-state index is 0.109. The summed E-state index contributed by atoms with van der Waals surface area (Å²) in [5.74, 6) is -0.847. The highest BCUT2D eigenvalue weighted by Gasteiger charge is 2.35. The zero-order chi connectivity index (χ0) is 14.3. The summed E-state index contributed by atoms with van der Waals surface area (Å²) in [4.78, 5) is 24.9. The maximum absolute atomic E-state index is 11.9. The van der Waals surface area contributed by atoms with Gasteiger partial charge in [-0.15, -0.1) is 0 Å². The van der Waals surface area contributed by atoms with E-state index in [1.807, 2.05) is 34.6 Å². The summed E-state index contributed by atoms with van der Waals surface area (Å²) in [5, 5.41) is 12.0. The van der Waals surface area contributed by atoms with Crippen molar-refractivity contribution < 1.29 is 14.7 Å². The molecule has 0 bridgehead atoms. The van der Waals surface area contributed by atoms with Gasteiger partial charge in [0.25, 0.3) is 0 Å². The second-order valence-electron chi connectivity index (χ2n) is 4.83. The Kier molecular flexibility index (Phi) is 6.73. The second kappa shape index (κ2) is 7.24. The quantitative estimate of drug-likeness (QED) is 0.736. The van der Waals surface area contributed by atoms with Gasteiger partial charge in [-0.25, -0.2) is 4.79 Å². The van der Waals surface area contributed by atoms with Crippen molar-refractivity contribution in [3.8, 4) is 0 Å². The fraction of sp³-hybridized carbons (Fsp3) is 0.846. The van der Waals surface area contributed by atoms with E-state index in [0.29, 0.717) is 19.4 Å². The van der Waals surface area contributed by atoms with Crippen molar-refractivity contribution in [2.45, 2.75) is 53.5 Å². The first-order valence-corrected chi connectivity index (χ1v) is 6.62. The summed E-state index contributed by atoms with van der Waals surface area (Å²) >= 11 is 0. The van der Waals surface area contributed by atoms with E-state index >= 15 is 0 Å². The van der Waals surface area contributed by atoms with Gasteiger partial charge in [0.15, 0.2) is 0 Å². The van der Waals surface area contributed by atoms with Crippen LogP contribution in [0.25, 0.3) is 0 Å². The van der Waals surface area contributed by atoms with Crippen LogP contribution in [0, 0.1) is 5.41 Å². The van der Waals surface area contributed by atoms with Gasteiger partial charge in [0.1, 0.15) is 0 Å². The Labute approximate surface area is 110 Å². The molecule has 0 aromatic heterocycles. The molecule has 2 N–H and O–H groups in total. The lowest BCUT2D eigenvalue weighted by Crippen LogP contribution is -2.49. The SMILES string of the molecule is CCN(C(=O)NCC(CC)(CC)C(=O)O)C(C)C. The van der Waals surface area contributed by atoms with E-state index in [0.717, 1.165) is 0 Å². The Bertz CT molecular complexity index is 286. The number of carboxylic acid groups (broad SMARTS) is 1. The number of nitrogens with zero attached hydrogens (tertiary/aromatic N) is 1. The third-order valence-electron chi connectivity index (χ3n) is 3.61. The van der Waals surface area contributed by atoms with E-state index in [2.05, 4.69) is 5.32 Å². The highest BCUT2D eigenvalue weighted by molar-refractivity contribution is 5.78. The number of hydrogen-bond acceptors (Lipinski definition) is 2. The largest absolute Gasteiger partial charge is 0.481 e. The normalized spacial score (nSPS) is 11.4. The van der Waals surface area contributed by atoms with Gasteiger partial charge in [0.05, 0.1) is 5.41 Å². The summed E-state index contributed by atoms with van der Waals surface area (Å²) in [6, 6.07) is -0.0856. The lowest BCUT2D eigenvalue weighted by molar-refractivity contribution is -0.149. The van der Waals surface area contributed by atoms with Gasteiger partial charge in [-0.2, -0.15) is 0 Å². The third kappa shape index (κ3) is 3.89. The van der Waals surface area contributed by atoms with E-state index in [1.165, 1.54) is 0 Å². The molecule has 0 aromatic rings. The zero-order valence-electron chi connectivity index (χ0n) is 12.1. The predicted octanol–water partition coefficient (Wildman–Crippen LogP) is 2.32. The fourth-order valence-electron chi connectivity index (χ4n) is 1.97. The van der Waals surface area contributed by atoms with Crippen LogP contribution in [-0.2, 0) is 4.79 Å². The topological polar surface area (TPSA) is 69.6 Å². The van der Waals surface area contributed by atoms with E-state index in [4.69, 9.17) is 0 Å². The molecule has 106 valence electrons. The van der Waals surface area contributed by atoms with Crippen molar-refractivity contribution in [1.29, 1.82) is 0 Å². The average molecular weight is 258 g/mol. The van der Waals surface area contributed by atoms with Crippen LogP contribution in [0.4, 0.5) is 4.79 Å². The first kappa shape index (κ1) is 16.7. The number of amides is 2. The van der Waals surface area contributed by atoms with Gasteiger partial charge in [0, 0.05) is 19.1 Å². The van der Waals surface area contributed by atoms with E-state index in [9.17, 15) is 14.7 Å². The van der Waals surface area contributed by atoms with Crippen molar-refractivity contribution in [1.82, 2.24) is 10.2 Å². The summed E-state index contributed by atoms with van der Waals surface area (Å²) < 4.78 is 0. The molecule has 0 saturated carbocycles. The van der Waals surface area contributed by atoms with E-state index in [-0.39, 0.29) is 18.6 Å². The van der Waals surface area contributed by atoms with E-state index < -0.39 is 11.4 Å². The summed E-state index contributed by atoms with van der Waals surface area (Å²) in [6.45, 7) is 10.2. The molecule has 0 saturated heterocycles. The monoisotopic (exact) mass is 258 g/mol. The minimum Gasteiger partial charge on any atom is -0.481 e. The molecule has 5 nitrogen and oxygen atoms in total. The van der Waals surface area contributed by atoms with Gasteiger partial charge in [0.2, 0.25) is 0 Å². The lowest BCUT2D eigenvalue weighted by atomic mass is 9.82.